The van der Waals surface area contributed by atoms with Gasteiger partial charge < -0.3 is 0 Å². The summed E-state index contributed by atoms with van der Waals surface area (Å²) in [4.78, 5) is 5.12. The van der Waals surface area contributed by atoms with Gasteiger partial charge in [-0.2, -0.15) is 0 Å². The Balaban J connectivity index is 1.94. The molecular formula is C15H26O2. The molecule has 3 fully saturated rings. The Morgan fingerprint density at radius 2 is 1.82 bits per heavy atom. The maximum atomic E-state index is 9.52. The summed E-state index contributed by atoms with van der Waals surface area (Å²) in [5.41, 5.74) is 0.669. The van der Waals surface area contributed by atoms with Crippen molar-refractivity contribution in [1.82, 2.24) is 0 Å². The average molecular weight is 238 g/mol. The smallest absolute Gasteiger partial charge is 0.107 e. The first kappa shape index (κ1) is 12.0. The molecule has 0 aliphatic heterocycles. The minimum Gasteiger partial charge on any atom is -0.251 e. The van der Waals surface area contributed by atoms with E-state index in [0.717, 1.165) is 18.8 Å². The molecule has 17 heavy (non-hydrogen) atoms. The fourth-order valence-electron chi connectivity index (χ4n) is 5.28. The second-order valence-electron chi connectivity index (χ2n) is 7.94. The molecule has 3 aliphatic rings. The number of rotatable bonds is 1. The van der Waals surface area contributed by atoms with Crippen LogP contribution in [0, 0.1) is 22.7 Å². The lowest BCUT2D eigenvalue weighted by molar-refractivity contribution is -0.367. The van der Waals surface area contributed by atoms with Gasteiger partial charge in [-0.3, -0.25) is 5.26 Å². The molecule has 1 N–H and O–H groups in total. The van der Waals surface area contributed by atoms with Crippen molar-refractivity contribution in [3.8, 4) is 0 Å². The van der Waals surface area contributed by atoms with E-state index in [1.54, 1.807) is 0 Å². The van der Waals surface area contributed by atoms with Crippen molar-refractivity contribution in [2.75, 3.05) is 0 Å². The largest absolute Gasteiger partial charge is 0.251 e. The molecule has 4 atom stereocenters. The highest BCUT2D eigenvalue weighted by molar-refractivity contribution is 5.10. The van der Waals surface area contributed by atoms with Crippen LogP contribution in [0.4, 0.5) is 0 Å². The van der Waals surface area contributed by atoms with Crippen LogP contribution in [0.1, 0.15) is 65.7 Å². The van der Waals surface area contributed by atoms with E-state index in [0.29, 0.717) is 16.7 Å². The molecule has 0 aromatic rings. The molecule has 0 aromatic carbocycles. The van der Waals surface area contributed by atoms with Crippen molar-refractivity contribution in [3.63, 3.8) is 0 Å². The predicted molar refractivity (Wildman–Crippen MR) is 67.6 cm³/mol. The van der Waals surface area contributed by atoms with Crippen molar-refractivity contribution >= 4 is 0 Å². The average Bonchev–Trinajstić information content (AvgIpc) is 2.32. The lowest BCUT2D eigenvalue weighted by Gasteiger charge is -2.58. The van der Waals surface area contributed by atoms with Crippen LogP contribution in [0.2, 0.25) is 0 Å². The monoisotopic (exact) mass is 238 g/mol. The number of fused-ring (bicyclic) bond motifs is 4. The highest BCUT2D eigenvalue weighted by atomic mass is 17.1. The third kappa shape index (κ3) is 1.60. The summed E-state index contributed by atoms with van der Waals surface area (Å²) >= 11 is 0. The fourth-order valence-corrected chi connectivity index (χ4v) is 5.28. The quantitative estimate of drug-likeness (QED) is 0.546. The van der Waals surface area contributed by atoms with Crippen molar-refractivity contribution in [3.05, 3.63) is 0 Å². The van der Waals surface area contributed by atoms with E-state index in [2.05, 4.69) is 20.8 Å². The minimum atomic E-state index is -0.205. The highest BCUT2D eigenvalue weighted by Gasteiger charge is 2.61. The van der Waals surface area contributed by atoms with Crippen molar-refractivity contribution in [1.29, 1.82) is 0 Å². The van der Waals surface area contributed by atoms with Crippen LogP contribution in [0.25, 0.3) is 0 Å². The Hall–Kier alpha value is -0.0800. The maximum Gasteiger partial charge on any atom is 0.107 e. The van der Waals surface area contributed by atoms with Gasteiger partial charge in [-0.15, -0.1) is 0 Å². The van der Waals surface area contributed by atoms with Gasteiger partial charge in [0.2, 0.25) is 0 Å². The second-order valence-corrected chi connectivity index (χ2v) is 7.94. The Kier molecular flexibility index (Phi) is 2.45. The van der Waals surface area contributed by atoms with Gasteiger partial charge in [0.15, 0.2) is 0 Å². The summed E-state index contributed by atoms with van der Waals surface area (Å²) in [6.07, 6.45) is 8.57. The van der Waals surface area contributed by atoms with Gasteiger partial charge in [0, 0.05) is 0 Å². The molecule has 3 saturated carbocycles. The molecule has 0 radical (unpaired) electrons. The summed E-state index contributed by atoms with van der Waals surface area (Å²) in [5, 5.41) is 9.52. The van der Waals surface area contributed by atoms with Crippen LogP contribution < -0.4 is 0 Å². The summed E-state index contributed by atoms with van der Waals surface area (Å²) in [7, 11) is 0. The highest BCUT2D eigenvalue weighted by Crippen LogP contribution is 2.65. The van der Waals surface area contributed by atoms with E-state index in [1.165, 1.54) is 32.1 Å². The third-order valence-electron chi connectivity index (χ3n) is 6.26. The molecule has 2 heteroatoms. The molecule has 2 nitrogen and oxygen atoms in total. The summed E-state index contributed by atoms with van der Waals surface area (Å²) in [5.74, 6) is 1.36. The summed E-state index contributed by atoms with van der Waals surface area (Å²) in [6.45, 7) is 7.17. The first-order valence-electron chi connectivity index (χ1n) is 7.24. The Bertz CT molecular complexity index is 325. The fraction of sp³-hybridized carbons (Fsp3) is 1.00. The van der Waals surface area contributed by atoms with Gasteiger partial charge in [-0.1, -0.05) is 20.8 Å². The molecule has 0 saturated heterocycles. The molecule has 3 aliphatic carbocycles. The van der Waals surface area contributed by atoms with Gasteiger partial charge in [0.1, 0.15) is 5.60 Å². The van der Waals surface area contributed by atoms with Crippen LogP contribution in [0.3, 0.4) is 0 Å². The lowest BCUT2D eigenvalue weighted by atomic mass is 9.49. The van der Waals surface area contributed by atoms with Crippen LogP contribution in [-0.4, -0.2) is 10.9 Å². The Morgan fingerprint density at radius 1 is 1.06 bits per heavy atom. The zero-order valence-electron chi connectivity index (χ0n) is 11.5. The van der Waals surface area contributed by atoms with E-state index in [4.69, 9.17) is 4.89 Å². The maximum absolute atomic E-state index is 9.52. The van der Waals surface area contributed by atoms with E-state index < -0.39 is 0 Å². The minimum absolute atomic E-state index is 0.205. The molecule has 3 rings (SSSR count). The van der Waals surface area contributed by atoms with Crippen LogP contribution in [-0.2, 0) is 4.89 Å². The standard InChI is InChI=1S/C15H26O2/c1-13(2)9-12-11(13)5-8-14(3)6-4-7-15(12,10-14)17-16/h11-12,16H,4-10H2,1-3H3. The molecular weight excluding hydrogens is 212 g/mol. The predicted octanol–water partition coefficient (Wildman–Crippen LogP) is 4.25. The molecule has 0 heterocycles. The molecule has 2 bridgehead atoms. The Labute approximate surface area is 105 Å². The summed E-state index contributed by atoms with van der Waals surface area (Å²) in [6, 6.07) is 0. The van der Waals surface area contributed by atoms with Gasteiger partial charge in [-0.05, 0) is 67.6 Å². The van der Waals surface area contributed by atoms with Crippen LogP contribution in [0.15, 0.2) is 0 Å². The molecule has 0 aromatic heterocycles. The SMILES string of the molecule is CC12CCCC(OO)(C1)C1CC(C)(C)C1CC2. The zero-order valence-corrected chi connectivity index (χ0v) is 11.5. The molecule has 4 unspecified atom stereocenters. The zero-order chi connectivity index (χ0) is 12.3. The first-order valence-corrected chi connectivity index (χ1v) is 7.24. The first-order chi connectivity index (χ1) is 7.91. The van der Waals surface area contributed by atoms with Crippen molar-refractivity contribution < 1.29 is 10.1 Å². The van der Waals surface area contributed by atoms with E-state index >= 15 is 0 Å². The van der Waals surface area contributed by atoms with Gasteiger partial charge in [0.25, 0.3) is 0 Å². The topological polar surface area (TPSA) is 29.5 Å². The van der Waals surface area contributed by atoms with Gasteiger partial charge in [0.05, 0.1) is 0 Å². The van der Waals surface area contributed by atoms with Crippen LogP contribution >= 0.6 is 0 Å². The van der Waals surface area contributed by atoms with E-state index in [9.17, 15) is 5.26 Å². The number of hydrogen-bond acceptors (Lipinski definition) is 2. The normalized spacial score (nSPS) is 52.2. The number of hydrogen-bond donors (Lipinski definition) is 1. The van der Waals surface area contributed by atoms with E-state index in [-0.39, 0.29) is 5.60 Å². The third-order valence-corrected chi connectivity index (χ3v) is 6.26. The lowest BCUT2D eigenvalue weighted by Crippen LogP contribution is -2.57. The summed E-state index contributed by atoms with van der Waals surface area (Å²) < 4.78 is 0. The molecule has 98 valence electrons. The van der Waals surface area contributed by atoms with Crippen molar-refractivity contribution in [2.24, 2.45) is 22.7 Å². The van der Waals surface area contributed by atoms with Gasteiger partial charge >= 0.3 is 0 Å². The van der Waals surface area contributed by atoms with E-state index in [1.807, 2.05) is 0 Å². The van der Waals surface area contributed by atoms with Gasteiger partial charge in [-0.25, -0.2) is 4.89 Å². The Morgan fingerprint density at radius 3 is 2.47 bits per heavy atom. The van der Waals surface area contributed by atoms with Crippen molar-refractivity contribution in [2.45, 2.75) is 71.3 Å². The molecule has 0 amide bonds. The second kappa shape index (κ2) is 3.48. The van der Waals surface area contributed by atoms with Crippen LogP contribution in [0.5, 0.6) is 0 Å². The molecule has 0 spiro atoms.